The Morgan fingerprint density at radius 2 is 2.09 bits per heavy atom. The van der Waals surface area contributed by atoms with Gasteiger partial charge in [-0.05, 0) is 18.1 Å². The number of phenols is 2. The van der Waals surface area contributed by atoms with Crippen LogP contribution in [0.15, 0.2) is 18.1 Å². The molecule has 3 N–H and O–H groups in total. The SMILES string of the molecule is [2H]c1c([2H])c(O)c(C(=O)O)c([2H])c1O. The standard InChI is InChI=1S/C7H6O4/c8-4-1-2-6(9)5(3-4)7(10)11/h1-3,8-9H,(H,10,11)/i1D,2D,3D. The third-order valence-corrected chi connectivity index (χ3v) is 0.993. The second-order valence-electron chi connectivity index (χ2n) is 1.75. The molecule has 0 aliphatic heterocycles. The summed E-state index contributed by atoms with van der Waals surface area (Å²) < 4.78 is 21.2. The number of carboxylic acid groups (broad SMARTS) is 1. The number of hydrogen-bond acceptors (Lipinski definition) is 3. The van der Waals surface area contributed by atoms with E-state index in [4.69, 9.17) is 19.4 Å². The fraction of sp³-hybridized carbons (Fsp3) is 0. The summed E-state index contributed by atoms with van der Waals surface area (Å²) in [5.41, 5.74) is -0.872. The van der Waals surface area contributed by atoms with Crippen molar-refractivity contribution >= 4 is 5.97 Å². The first-order valence-electron chi connectivity index (χ1n) is 4.12. The van der Waals surface area contributed by atoms with Gasteiger partial charge in [-0.1, -0.05) is 0 Å². The maximum absolute atomic E-state index is 10.5. The zero-order chi connectivity index (χ0) is 11.0. The van der Waals surface area contributed by atoms with E-state index >= 15 is 0 Å². The van der Waals surface area contributed by atoms with Gasteiger partial charge in [0.05, 0.1) is 4.11 Å². The predicted molar refractivity (Wildman–Crippen MR) is 36.7 cm³/mol. The van der Waals surface area contributed by atoms with Gasteiger partial charge in [-0.2, -0.15) is 0 Å². The van der Waals surface area contributed by atoms with Crippen LogP contribution in [0.3, 0.4) is 0 Å². The second kappa shape index (κ2) is 2.49. The molecule has 11 heavy (non-hydrogen) atoms. The molecule has 0 fully saturated rings. The average molecular weight is 157 g/mol. The molecule has 1 aromatic rings. The van der Waals surface area contributed by atoms with E-state index in [9.17, 15) is 4.79 Å². The van der Waals surface area contributed by atoms with E-state index in [2.05, 4.69) is 0 Å². The molecule has 0 aliphatic carbocycles. The summed E-state index contributed by atoms with van der Waals surface area (Å²) in [7, 11) is 0. The number of aromatic hydroxyl groups is 2. The van der Waals surface area contributed by atoms with Crippen LogP contribution in [-0.4, -0.2) is 21.3 Å². The van der Waals surface area contributed by atoms with E-state index in [1.54, 1.807) is 0 Å². The normalized spacial score (nSPS) is 13.3. The molecule has 0 radical (unpaired) electrons. The van der Waals surface area contributed by atoms with Gasteiger partial charge < -0.3 is 15.3 Å². The van der Waals surface area contributed by atoms with Crippen molar-refractivity contribution in [3.63, 3.8) is 0 Å². The molecule has 0 saturated carbocycles. The minimum Gasteiger partial charge on any atom is -0.508 e. The summed E-state index contributed by atoms with van der Waals surface area (Å²) in [5, 5.41) is 26.8. The Labute approximate surface area is 66.6 Å². The average Bonchev–Trinajstić information content (AvgIpc) is 2.11. The lowest BCUT2D eigenvalue weighted by Gasteiger charge is -1.98. The van der Waals surface area contributed by atoms with E-state index < -0.39 is 41.2 Å². The summed E-state index contributed by atoms with van der Waals surface area (Å²) in [4.78, 5) is 10.5. The summed E-state index contributed by atoms with van der Waals surface area (Å²) in [6.07, 6.45) is 0. The van der Waals surface area contributed by atoms with Gasteiger partial charge in [0.15, 0.2) is 0 Å². The lowest BCUT2D eigenvalue weighted by Crippen LogP contribution is -1.95. The second-order valence-corrected chi connectivity index (χ2v) is 1.75. The van der Waals surface area contributed by atoms with Crippen molar-refractivity contribution in [1.82, 2.24) is 0 Å². The van der Waals surface area contributed by atoms with Crippen molar-refractivity contribution in [2.75, 3.05) is 0 Å². The molecule has 0 heterocycles. The van der Waals surface area contributed by atoms with E-state index in [1.165, 1.54) is 0 Å². The third-order valence-electron chi connectivity index (χ3n) is 0.993. The Hall–Kier alpha value is -1.71. The largest absolute Gasteiger partial charge is 0.508 e. The highest BCUT2D eigenvalue weighted by atomic mass is 16.4. The van der Waals surface area contributed by atoms with Crippen LogP contribution in [0, 0.1) is 0 Å². The Kier molecular flexibility index (Phi) is 0.958. The van der Waals surface area contributed by atoms with Crippen molar-refractivity contribution in [2.24, 2.45) is 0 Å². The lowest BCUT2D eigenvalue weighted by atomic mass is 10.2. The van der Waals surface area contributed by atoms with E-state index in [0.717, 1.165) is 0 Å². The Morgan fingerprint density at radius 3 is 2.64 bits per heavy atom. The van der Waals surface area contributed by atoms with Crippen LogP contribution in [0.25, 0.3) is 0 Å². The quantitative estimate of drug-likeness (QED) is 0.527. The van der Waals surface area contributed by atoms with E-state index in [1.807, 2.05) is 0 Å². The van der Waals surface area contributed by atoms with Crippen LogP contribution in [0.4, 0.5) is 0 Å². The fourth-order valence-corrected chi connectivity index (χ4v) is 0.545. The minimum atomic E-state index is -1.63. The number of carbonyl (C=O) groups is 1. The minimum absolute atomic E-state index is 0.766. The monoisotopic (exact) mass is 157 g/mol. The van der Waals surface area contributed by atoms with Gasteiger partial charge in [0, 0.05) is 0 Å². The molecular formula is C7H6O4. The van der Waals surface area contributed by atoms with E-state index in [-0.39, 0.29) is 0 Å². The molecule has 0 spiro atoms. The zero-order valence-corrected chi connectivity index (χ0v) is 5.25. The van der Waals surface area contributed by atoms with Crippen LogP contribution in [0.5, 0.6) is 11.5 Å². The topological polar surface area (TPSA) is 77.8 Å². The van der Waals surface area contributed by atoms with Crippen molar-refractivity contribution in [3.05, 3.63) is 23.7 Å². The number of phenolic OH excluding ortho intramolecular Hbond substituents is 1. The maximum atomic E-state index is 10.5. The summed E-state index contributed by atoms with van der Waals surface area (Å²) >= 11 is 0. The zero-order valence-electron chi connectivity index (χ0n) is 8.25. The fourth-order valence-electron chi connectivity index (χ4n) is 0.545. The summed E-state index contributed by atoms with van der Waals surface area (Å²) in [6, 6.07) is -2.44. The highest BCUT2D eigenvalue weighted by Crippen LogP contribution is 2.21. The van der Waals surface area contributed by atoms with Crippen LogP contribution in [0.2, 0.25) is 0 Å². The van der Waals surface area contributed by atoms with Gasteiger partial charge in [0.2, 0.25) is 0 Å². The third kappa shape index (κ3) is 1.40. The lowest BCUT2D eigenvalue weighted by molar-refractivity contribution is 0.0693. The molecule has 0 unspecified atom stereocenters. The van der Waals surface area contributed by atoms with Crippen molar-refractivity contribution in [3.8, 4) is 11.5 Å². The molecule has 1 aromatic carbocycles. The molecule has 0 amide bonds. The Balaban J connectivity index is 3.68. The first kappa shape index (κ1) is 4.23. The molecule has 4 nitrogen and oxygen atoms in total. The summed E-state index contributed by atoms with van der Waals surface area (Å²) in [5.74, 6) is -3.54. The molecule has 0 aliphatic rings. The van der Waals surface area contributed by atoms with Crippen molar-refractivity contribution in [2.45, 2.75) is 0 Å². The number of carboxylic acids is 1. The van der Waals surface area contributed by atoms with Gasteiger partial charge in [-0.25, -0.2) is 4.79 Å². The molecule has 58 valence electrons. The highest BCUT2D eigenvalue weighted by Gasteiger charge is 2.08. The highest BCUT2D eigenvalue weighted by molar-refractivity contribution is 5.91. The molecule has 0 saturated heterocycles. The van der Waals surface area contributed by atoms with Crippen LogP contribution < -0.4 is 0 Å². The Bertz CT molecular complexity index is 387. The van der Waals surface area contributed by atoms with Crippen LogP contribution >= 0.6 is 0 Å². The summed E-state index contributed by atoms with van der Waals surface area (Å²) in [6.45, 7) is 0. The molecule has 0 bridgehead atoms. The number of aromatic carboxylic acids is 1. The van der Waals surface area contributed by atoms with Crippen LogP contribution in [0.1, 0.15) is 14.5 Å². The van der Waals surface area contributed by atoms with Gasteiger partial charge >= 0.3 is 5.97 Å². The number of rotatable bonds is 1. The smallest absolute Gasteiger partial charge is 0.339 e. The van der Waals surface area contributed by atoms with Crippen LogP contribution in [-0.2, 0) is 0 Å². The number of hydrogen-bond donors (Lipinski definition) is 3. The number of benzene rings is 1. The Morgan fingerprint density at radius 1 is 1.45 bits per heavy atom. The van der Waals surface area contributed by atoms with Gasteiger partial charge in [0.25, 0.3) is 0 Å². The molecule has 4 heteroatoms. The first-order chi connectivity index (χ1) is 6.37. The molecular weight excluding hydrogens is 148 g/mol. The van der Waals surface area contributed by atoms with Crippen molar-refractivity contribution < 1.29 is 24.2 Å². The van der Waals surface area contributed by atoms with Gasteiger partial charge in [0.1, 0.15) is 17.1 Å². The molecule has 0 aromatic heterocycles. The first-order valence-corrected chi connectivity index (χ1v) is 2.62. The predicted octanol–water partition coefficient (Wildman–Crippen LogP) is 0.796. The maximum Gasteiger partial charge on any atom is 0.339 e. The molecule has 1 rings (SSSR count). The van der Waals surface area contributed by atoms with Gasteiger partial charge in [-0.3, -0.25) is 0 Å². The van der Waals surface area contributed by atoms with Gasteiger partial charge in [-0.15, -0.1) is 0 Å². The molecule has 0 atom stereocenters. The van der Waals surface area contributed by atoms with Crippen molar-refractivity contribution in [1.29, 1.82) is 0 Å². The van der Waals surface area contributed by atoms with E-state index in [0.29, 0.717) is 0 Å².